The zero-order valence-electron chi connectivity index (χ0n) is 15.2. The van der Waals surface area contributed by atoms with Gasteiger partial charge in [0.15, 0.2) is 0 Å². The maximum Gasteiger partial charge on any atom is 0.407 e. The van der Waals surface area contributed by atoms with Crippen LogP contribution in [0.5, 0.6) is 0 Å². The Hall–Kier alpha value is -1.26. The Labute approximate surface area is 140 Å². The number of nitrogens with one attached hydrogen (secondary N) is 2. The van der Waals surface area contributed by atoms with Crippen LogP contribution in [-0.2, 0) is 9.53 Å². The molecule has 0 aromatic carbocycles. The number of unbranched alkanes of at least 4 members (excludes halogenated alkanes) is 1. The van der Waals surface area contributed by atoms with E-state index in [1.807, 2.05) is 20.8 Å². The zero-order chi connectivity index (χ0) is 17.3. The van der Waals surface area contributed by atoms with Crippen molar-refractivity contribution in [3.05, 3.63) is 0 Å². The van der Waals surface area contributed by atoms with Gasteiger partial charge in [-0.25, -0.2) is 4.79 Å². The summed E-state index contributed by atoms with van der Waals surface area (Å²) in [4.78, 5) is 23.6. The minimum Gasteiger partial charge on any atom is -0.444 e. The second-order valence-electron chi connectivity index (χ2n) is 7.58. The number of hydrogen-bond acceptors (Lipinski definition) is 3. The molecule has 1 saturated carbocycles. The van der Waals surface area contributed by atoms with Crippen LogP contribution in [0.15, 0.2) is 0 Å². The van der Waals surface area contributed by atoms with Gasteiger partial charge in [0.05, 0.1) is 0 Å². The molecule has 0 aromatic heterocycles. The fourth-order valence-electron chi connectivity index (χ4n) is 3.01. The average molecular weight is 326 g/mol. The summed E-state index contributed by atoms with van der Waals surface area (Å²) in [7, 11) is 0. The van der Waals surface area contributed by atoms with E-state index in [0.717, 1.165) is 18.8 Å². The molecule has 0 aromatic rings. The van der Waals surface area contributed by atoms with Gasteiger partial charge < -0.3 is 15.4 Å². The third-order valence-electron chi connectivity index (χ3n) is 4.28. The van der Waals surface area contributed by atoms with Crippen LogP contribution in [0.25, 0.3) is 0 Å². The second-order valence-corrected chi connectivity index (χ2v) is 7.58. The lowest BCUT2D eigenvalue weighted by molar-refractivity contribution is -0.126. The van der Waals surface area contributed by atoms with E-state index in [9.17, 15) is 9.59 Å². The van der Waals surface area contributed by atoms with Crippen molar-refractivity contribution < 1.29 is 14.3 Å². The molecule has 134 valence electrons. The quantitative estimate of drug-likeness (QED) is 0.702. The molecular weight excluding hydrogens is 292 g/mol. The van der Waals surface area contributed by atoms with Crippen LogP contribution in [0.1, 0.15) is 72.6 Å². The molecule has 23 heavy (non-hydrogen) atoms. The molecule has 0 unspecified atom stereocenters. The maximum atomic E-state index is 12.1. The van der Waals surface area contributed by atoms with Crippen LogP contribution < -0.4 is 10.6 Å². The third kappa shape index (κ3) is 8.82. The number of rotatable bonds is 7. The number of amides is 2. The highest BCUT2D eigenvalue weighted by Crippen LogP contribution is 2.31. The first-order valence-electron chi connectivity index (χ1n) is 9.06. The molecule has 0 bridgehead atoms. The van der Waals surface area contributed by atoms with Crippen molar-refractivity contribution in [1.29, 1.82) is 0 Å². The van der Waals surface area contributed by atoms with Gasteiger partial charge >= 0.3 is 6.09 Å². The Kier molecular flexibility index (Phi) is 8.42. The van der Waals surface area contributed by atoms with Crippen LogP contribution in [0.2, 0.25) is 0 Å². The first-order valence-corrected chi connectivity index (χ1v) is 9.06. The lowest BCUT2D eigenvalue weighted by Gasteiger charge is -2.27. The molecule has 0 heterocycles. The second kappa shape index (κ2) is 9.78. The Morgan fingerprint density at radius 3 is 2.22 bits per heavy atom. The highest BCUT2D eigenvalue weighted by atomic mass is 16.6. The Balaban J connectivity index is 2.12. The van der Waals surface area contributed by atoms with Gasteiger partial charge in [-0.2, -0.15) is 0 Å². The van der Waals surface area contributed by atoms with Gasteiger partial charge in [-0.1, -0.05) is 26.2 Å². The molecule has 0 radical (unpaired) electrons. The van der Waals surface area contributed by atoms with Gasteiger partial charge in [-0.3, -0.25) is 4.79 Å². The SMILES string of the molecule is CCCCC1CCC(C(=O)NCCNC(=O)OC(C)(C)C)CC1. The van der Waals surface area contributed by atoms with Crippen LogP contribution >= 0.6 is 0 Å². The molecule has 0 atom stereocenters. The molecular formula is C18H34N2O3. The van der Waals surface area contributed by atoms with Crippen LogP contribution in [0, 0.1) is 11.8 Å². The summed E-state index contributed by atoms with van der Waals surface area (Å²) in [5, 5.41) is 5.57. The Morgan fingerprint density at radius 2 is 1.65 bits per heavy atom. The smallest absolute Gasteiger partial charge is 0.407 e. The van der Waals surface area contributed by atoms with E-state index in [-0.39, 0.29) is 11.8 Å². The van der Waals surface area contributed by atoms with E-state index >= 15 is 0 Å². The number of alkyl carbamates (subject to hydrolysis) is 1. The van der Waals surface area contributed by atoms with Crippen LogP contribution in [-0.4, -0.2) is 30.7 Å². The van der Waals surface area contributed by atoms with Crippen molar-refractivity contribution in [2.75, 3.05) is 13.1 Å². The molecule has 5 nitrogen and oxygen atoms in total. The van der Waals surface area contributed by atoms with Gasteiger partial charge in [0.1, 0.15) is 5.60 Å². The van der Waals surface area contributed by atoms with E-state index in [1.165, 1.54) is 32.1 Å². The molecule has 5 heteroatoms. The Bertz CT molecular complexity index is 369. The third-order valence-corrected chi connectivity index (χ3v) is 4.28. The highest BCUT2D eigenvalue weighted by Gasteiger charge is 2.25. The summed E-state index contributed by atoms with van der Waals surface area (Å²) >= 11 is 0. The first-order chi connectivity index (χ1) is 10.8. The van der Waals surface area contributed by atoms with Crippen molar-refractivity contribution in [3.8, 4) is 0 Å². The molecule has 1 fully saturated rings. The fourth-order valence-corrected chi connectivity index (χ4v) is 3.01. The van der Waals surface area contributed by atoms with Crippen molar-refractivity contribution in [2.24, 2.45) is 11.8 Å². The van der Waals surface area contributed by atoms with Gasteiger partial charge in [0.25, 0.3) is 0 Å². The zero-order valence-corrected chi connectivity index (χ0v) is 15.2. The molecule has 2 amide bonds. The minimum absolute atomic E-state index is 0.130. The number of carbonyl (C=O) groups excluding carboxylic acids is 2. The summed E-state index contributed by atoms with van der Waals surface area (Å²) in [5.74, 6) is 1.09. The maximum absolute atomic E-state index is 12.1. The minimum atomic E-state index is -0.496. The standard InChI is InChI=1S/C18H34N2O3/c1-5-6-7-14-8-10-15(11-9-14)16(21)19-12-13-20-17(22)23-18(2,3)4/h14-15H,5-13H2,1-4H3,(H,19,21)(H,20,22). The van der Waals surface area contributed by atoms with Crippen molar-refractivity contribution >= 4 is 12.0 Å². The van der Waals surface area contributed by atoms with Gasteiger partial charge in [-0.05, 0) is 52.4 Å². The van der Waals surface area contributed by atoms with Crippen molar-refractivity contribution in [3.63, 3.8) is 0 Å². The lowest BCUT2D eigenvalue weighted by atomic mass is 9.79. The van der Waals surface area contributed by atoms with E-state index in [0.29, 0.717) is 13.1 Å². The van der Waals surface area contributed by atoms with E-state index in [2.05, 4.69) is 17.6 Å². The highest BCUT2D eigenvalue weighted by molar-refractivity contribution is 5.78. The topological polar surface area (TPSA) is 67.4 Å². The lowest BCUT2D eigenvalue weighted by Crippen LogP contribution is -2.40. The number of ether oxygens (including phenoxy) is 1. The van der Waals surface area contributed by atoms with Crippen molar-refractivity contribution in [2.45, 2.75) is 78.2 Å². The Morgan fingerprint density at radius 1 is 1.04 bits per heavy atom. The molecule has 1 aliphatic carbocycles. The van der Waals surface area contributed by atoms with Gasteiger partial charge in [0, 0.05) is 19.0 Å². The van der Waals surface area contributed by atoms with E-state index in [4.69, 9.17) is 4.74 Å². The fraction of sp³-hybridized carbons (Fsp3) is 0.889. The van der Waals surface area contributed by atoms with Gasteiger partial charge in [-0.15, -0.1) is 0 Å². The molecule has 0 saturated heterocycles. The summed E-state index contributed by atoms with van der Waals surface area (Å²) in [5.41, 5.74) is -0.496. The molecule has 1 aliphatic rings. The molecule has 0 aliphatic heterocycles. The van der Waals surface area contributed by atoms with E-state index < -0.39 is 11.7 Å². The van der Waals surface area contributed by atoms with Crippen LogP contribution in [0.4, 0.5) is 4.79 Å². The average Bonchev–Trinajstić information content (AvgIpc) is 2.48. The molecule has 1 rings (SSSR count). The van der Waals surface area contributed by atoms with E-state index in [1.54, 1.807) is 0 Å². The van der Waals surface area contributed by atoms with Gasteiger partial charge in [0.2, 0.25) is 5.91 Å². The first kappa shape index (κ1) is 19.8. The normalized spacial score (nSPS) is 21.6. The predicted octanol–water partition coefficient (Wildman–Crippen LogP) is 3.62. The monoisotopic (exact) mass is 326 g/mol. The summed E-state index contributed by atoms with van der Waals surface area (Å²) in [6.07, 6.45) is 7.78. The van der Waals surface area contributed by atoms with Crippen molar-refractivity contribution in [1.82, 2.24) is 10.6 Å². The predicted molar refractivity (Wildman–Crippen MR) is 92.2 cm³/mol. The molecule has 2 N–H and O–H groups in total. The summed E-state index contributed by atoms with van der Waals surface area (Å²) in [6.45, 7) is 8.55. The largest absolute Gasteiger partial charge is 0.444 e. The summed E-state index contributed by atoms with van der Waals surface area (Å²) in [6, 6.07) is 0. The molecule has 0 spiro atoms. The van der Waals surface area contributed by atoms with Crippen LogP contribution in [0.3, 0.4) is 0 Å². The number of hydrogen-bond donors (Lipinski definition) is 2. The summed E-state index contributed by atoms with van der Waals surface area (Å²) < 4.78 is 5.14. The number of carbonyl (C=O) groups is 2.